The van der Waals surface area contributed by atoms with Gasteiger partial charge in [0, 0.05) is 15.2 Å². The molecule has 0 saturated carbocycles. The molecule has 2 N–H and O–H groups in total. The normalized spacial score (nSPS) is 11.1. The van der Waals surface area contributed by atoms with Crippen LogP contribution in [0.5, 0.6) is 0 Å². The molecule has 3 aromatic rings. The summed E-state index contributed by atoms with van der Waals surface area (Å²) in [5, 5.41) is 3.35. The molecule has 0 aliphatic rings. The number of benzene rings is 3. The van der Waals surface area contributed by atoms with Crippen LogP contribution in [0.2, 0.25) is 10.0 Å². The van der Waals surface area contributed by atoms with Crippen LogP contribution in [0.1, 0.15) is 10.4 Å². The van der Waals surface area contributed by atoms with E-state index in [1.807, 2.05) is 0 Å². The van der Waals surface area contributed by atoms with Crippen molar-refractivity contribution in [3.63, 3.8) is 0 Å². The van der Waals surface area contributed by atoms with Crippen molar-refractivity contribution < 1.29 is 13.2 Å². The molecule has 0 saturated heterocycles. The first kappa shape index (κ1) is 20.7. The molecule has 1 amide bonds. The van der Waals surface area contributed by atoms with Crippen LogP contribution in [0, 0.1) is 0 Å². The third-order valence-corrected chi connectivity index (χ3v) is 6.36. The van der Waals surface area contributed by atoms with Crippen molar-refractivity contribution in [3.8, 4) is 0 Å². The van der Waals surface area contributed by atoms with E-state index in [4.69, 9.17) is 23.2 Å². The Hall–Kier alpha value is -2.06. The molecule has 28 heavy (non-hydrogen) atoms. The average Bonchev–Trinajstić information content (AvgIpc) is 2.65. The summed E-state index contributed by atoms with van der Waals surface area (Å²) in [6, 6.07) is 17.2. The number of anilines is 2. The van der Waals surface area contributed by atoms with E-state index >= 15 is 0 Å². The topological polar surface area (TPSA) is 75.3 Å². The standard InChI is InChI=1S/C19H13BrCl2N2O3S/c20-16-4-2-1-3-15(16)19(25)23-18-11-14(9-10-17(18)22)28(26,27)24-13-7-5-12(21)6-8-13/h1-11,24H,(H,23,25). The fraction of sp³-hybridized carbons (Fsp3) is 0. The number of nitrogens with one attached hydrogen (secondary N) is 2. The number of amides is 1. The van der Waals surface area contributed by atoms with Gasteiger partial charge in [-0.25, -0.2) is 8.42 Å². The molecule has 3 rings (SSSR count). The molecule has 0 heterocycles. The Labute approximate surface area is 180 Å². The molecule has 3 aromatic carbocycles. The minimum absolute atomic E-state index is 0.0470. The summed E-state index contributed by atoms with van der Waals surface area (Å²) in [5.41, 5.74) is 0.936. The minimum atomic E-state index is -3.89. The van der Waals surface area contributed by atoms with Crippen molar-refractivity contribution in [2.75, 3.05) is 10.0 Å². The van der Waals surface area contributed by atoms with Crippen molar-refractivity contribution in [1.29, 1.82) is 0 Å². The Morgan fingerprint density at radius 3 is 2.29 bits per heavy atom. The molecule has 0 aliphatic carbocycles. The number of sulfonamides is 1. The number of carbonyl (C=O) groups excluding carboxylic acids is 1. The lowest BCUT2D eigenvalue weighted by Crippen LogP contribution is -2.15. The Bertz CT molecular complexity index is 1140. The van der Waals surface area contributed by atoms with Gasteiger partial charge in [-0.1, -0.05) is 35.3 Å². The second kappa shape index (κ2) is 8.53. The van der Waals surface area contributed by atoms with Crippen molar-refractivity contribution >= 4 is 66.4 Å². The third kappa shape index (κ3) is 4.86. The zero-order valence-electron chi connectivity index (χ0n) is 14.1. The summed E-state index contributed by atoms with van der Waals surface area (Å²) >= 11 is 15.3. The number of halogens is 3. The van der Waals surface area contributed by atoms with Crippen molar-refractivity contribution in [1.82, 2.24) is 0 Å². The second-order valence-electron chi connectivity index (χ2n) is 5.69. The highest BCUT2D eigenvalue weighted by Gasteiger charge is 2.18. The van der Waals surface area contributed by atoms with Crippen LogP contribution in [0.25, 0.3) is 0 Å². The van der Waals surface area contributed by atoms with Gasteiger partial charge in [-0.15, -0.1) is 0 Å². The summed E-state index contributed by atoms with van der Waals surface area (Å²) in [4.78, 5) is 12.4. The van der Waals surface area contributed by atoms with Crippen LogP contribution in [-0.2, 0) is 10.0 Å². The van der Waals surface area contributed by atoms with E-state index in [1.165, 1.54) is 18.2 Å². The van der Waals surface area contributed by atoms with E-state index in [0.29, 0.717) is 20.7 Å². The highest BCUT2D eigenvalue weighted by Crippen LogP contribution is 2.28. The molecule has 0 aliphatic heterocycles. The smallest absolute Gasteiger partial charge is 0.261 e. The summed E-state index contributed by atoms with van der Waals surface area (Å²) in [7, 11) is -3.89. The van der Waals surface area contributed by atoms with Crippen molar-refractivity contribution in [3.05, 3.63) is 86.8 Å². The molecular formula is C19H13BrCl2N2O3S. The Balaban J connectivity index is 1.87. The van der Waals surface area contributed by atoms with Crippen LogP contribution in [0.15, 0.2) is 76.1 Å². The van der Waals surface area contributed by atoms with Crippen LogP contribution in [0.4, 0.5) is 11.4 Å². The molecule has 5 nitrogen and oxygen atoms in total. The molecule has 0 spiro atoms. The highest BCUT2D eigenvalue weighted by atomic mass is 79.9. The maximum absolute atomic E-state index is 12.7. The number of hydrogen-bond acceptors (Lipinski definition) is 3. The van der Waals surface area contributed by atoms with Gasteiger partial charge in [0.15, 0.2) is 0 Å². The summed E-state index contributed by atoms with van der Waals surface area (Å²) in [5.74, 6) is -0.422. The average molecular weight is 500 g/mol. The Kier molecular flexibility index (Phi) is 6.30. The van der Waals surface area contributed by atoms with Gasteiger partial charge < -0.3 is 5.32 Å². The third-order valence-electron chi connectivity index (χ3n) is 3.71. The van der Waals surface area contributed by atoms with E-state index in [-0.39, 0.29) is 15.6 Å². The van der Waals surface area contributed by atoms with Crippen LogP contribution >= 0.6 is 39.1 Å². The predicted molar refractivity (Wildman–Crippen MR) is 116 cm³/mol. The molecule has 0 unspecified atom stereocenters. The van der Waals surface area contributed by atoms with Crippen LogP contribution in [-0.4, -0.2) is 14.3 Å². The zero-order chi connectivity index (χ0) is 20.3. The van der Waals surface area contributed by atoms with Gasteiger partial charge in [0.2, 0.25) is 0 Å². The lowest BCUT2D eigenvalue weighted by molar-refractivity contribution is 0.102. The van der Waals surface area contributed by atoms with Crippen molar-refractivity contribution in [2.24, 2.45) is 0 Å². The molecule has 0 atom stereocenters. The van der Waals surface area contributed by atoms with Gasteiger partial charge in [0.05, 0.1) is 21.2 Å². The SMILES string of the molecule is O=C(Nc1cc(S(=O)(=O)Nc2ccc(Cl)cc2)ccc1Cl)c1ccccc1Br. The predicted octanol–water partition coefficient (Wildman–Crippen LogP) is 5.81. The largest absolute Gasteiger partial charge is 0.321 e. The molecule has 9 heteroatoms. The maximum atomic E-state index is 12.7. The first-order chi connectivity index (χ1) is 13.3. The quantitative estimate of drug-likeness (QED) is 0.465. The first-order valence-corrected chi connectivity index (χ1v) is 10.9. The van der Waals surface area contributed by atoms with E-state index < -0.39 is 15.9 Å². The molecule has 0 fully saturated rings. The first-order valence-electron chi connectivity index (χ1n) is 7.90. The van der Waals surface area contributed by atoms with Gasteiger partial charge in [0.25, 0.3) is 15.9 Å². The number of carbonyl (C=O) groups is 1. The lowest BCUT2D eigenvalue weighted by Gasteiger charge is -2.12. The van der Waals surface area contributed by atoms with Gasteiger partial charge in [-0.05, 0) is 70.5 Å². The molecule has 0 aromatic heterocycles. The fourth-order valence-electron chi connectivity index (χ4n) is 2.33. The van der Waals surface area contributed by atoms with E-state index in [1.54, 1.807) is 48.5 Å². The monoisotopic (exact) mass is 498 g/mol. The van der Waals surface area contributed by atoms with E-state index in [9.17, 15) is 13.2 Å². The highest BCUT2D eigenvalue weighted by molar-refractivity contribution is 9.10. The molecular weight excluding hydrogens is 487 g/mol. The van der Waals surface area contributed by atoms with Gasteiger partial charge >= 0.3 is 0 Å². The van der Waals surface area contributed by atoms with Gasteiger partial charge in [-0.2, -0.15) is 0 Å². The maximum Gasteiger partial charge on any atom is 0.261 e. The Morgan fingerprint density at radius 2 is 1.61 bits per heavy atom. The summed E-state index contributed by atoms with van der Waals surface area (Å²) < 4.78 is 28.4. The minimum Gasteiger partial charge on any atom is -0.321 e. The molecule has 0 bridgehead atoms. The Morgan fingerprint density at radius 1 is 0.929 bits per heavy atom. The zero-order valence-corrected chi connectivity index (χ0v) is 18.0. The van der Waals surface area contributed by atoms with E-state index in [2.05, 4.69) is 26.0 Å². The number of rotatable bonds is 5. The second-order valence-corrected chi connectivity index (χ2v) is 9.07. The van der Waals surface area contributed by atoms with Gasteiger partial charge in [-0.3, -0.25) is 9.52 Å². The van der Waals surface area contributed by atoms with Crippen LogP contribution < -0.4 is 10.0 Å². The summed E-state index contributed by atoms with van der Waals surface area (Å²) in [6.07, 6.45) is 0. The number of hydrogen-bond donors (Lipinski definition) is 2. The lowest BCUT2D eigenvalue weighted by atomic mass is 10.2. The molecule has 144 valence electrons. The molecule has 0 radical (unpaired) electrons. The fourth-order valence-corrected chi connectivity index (χ4v) is 4.17. The van der Waals surface area contributed by atoms with E-state index in [0.717, 1.165) is 0 Å². The van der Waals surface area contributed by atoms with Crippen LogP contribution in [0.3, 0.4) is 0 Å². The van der Waals surface area contributed by atoms with Gasteiger partial charge in [0.1, 0.15) is 0 Å². The van der Waals surface area contributed by atoms with Crippen molar-refractivity contribution in [2.45, 2.75) is 4.90 Å². The summed E-state index contributed by atoms with van der Waals surface area (Å²) in [6.45, 7) is 0.